The molecule has 2 aromatic rings. The zero-order valence-corrected chi connectivity index (χ0v) is 24.2. The number of hydrogen-bond donors (Lipinski definition) is 0. The van der Waals surface area contributed by atoms with E-state index in [1.54, 1.807) is 49.4 Å². The van der Waals surface area contributed by atoms with Gasteiger partial charge < -0.3 is 22.8 Å². The van der Waals surface area contributed by atoms with E-state index in [4.69, 9.17) is 22.8 Å². The summed E-state index contributed by atoms with van der Waals surface area (Å²) < 4.78 is 28.5. The number of rotatable bonds is 19. The lowest BCUT2D eigenvalue weighted by Crippen LogP contribution is -2.45. The highest BCUT2D eigenvalue weighted by molar-refractivity contribution is 6.60. The predicted octanol–water partition coefficient (Wildman–Crippen LogP) is 6.48. The third kappa shape index (κ3) is 10.9. The number of unbranched alkanes of at least 4 members (excludes halogenated alkanes) is 3. The molecule has 2 rings (SSSR count). The molecule has 0 saturated carbocycles. The molecule has 7 nitrogen and oxygen atoms in total. The normalized spacial score (nSPS) is 11.6. The van der Waals surface area contributed by atoms with Gasteiger partial charge in [0.25, 0.3) is 0 Å². The molecule has 0 aliphatic carbocycles. The third-order valence-corrected chi connectivity index (χ3v) is 8.88. The topological polar surface area (TPSA) is 80.3 Å². The van der Waals surface area contributed by atoms with Crippen molar-refractivity contribution in [2.24, 2.45) is 0 Å². The van der Waals surface area contributed by atoms with Gasteiger partial charge in [0, 0.05) is 43.1 Å². The summed E-state index contributed by atoms with van der Waals surface area (Å²) in [7, 11) is -2.55. The fourth-order valence-corrected chi connectivity index (χ4v) is 6.64. The molecule has 0 bridgehead atoms. The Bertz CT molecular complexity index is 970. The molecule has 208 valence electrons. The Hall–Kier alpha value is -2.78. The van der Waals surface area contributed by atoms with Gasteiger partial charge in [0.1, 0.15) is 5.75 Å². The van der Waals surface area contributed by atoms with E-state index in [1.807, 2.05) is 32.9 Å². The van der Waals surface area contributed by atoms with Crippen molar-refractivity contribution in [3.05, 3.63) is 71.3 Å². The van der Waals surface area contributed by atoms with E-state index >= 15 is 0 Å². The number of benzene rings is 2. The first-order chi connectivity index (χ1) is 18.5. The summed E-state index contributed by atoms with van der Waals surface area (Å²) in [5, 5.41) is 0. The molecular formula is C30H42O7Si. The predicted molar refractivity (Wildman–Crippen MR) is 151 cm³/mol. The molecule has 38 heavy (non-hydrogen) atoms. The number of ketones is 1. The van der Waals surface area contributed by atoms with E-state index in [2.05, 4.69) is 0 Å². The SMILES string of the molecule is CCOC(=O)C=Cc1ccc(C(=O)c2ccc(OCCCCCC[Si](OCC)(OCC)OCC)cc2)cc1. The van der Waals surface area contributed by atoms with Crippen molar-refractivity contribution in [2.75, 3.05) is 33.0 Å². The zero-order valence-electron chi connectivity index (χ0n) is 23.2. The average Bonchev–Trinajstić information content (AvgIpc) is 2.92. The second-order valence-electron chi connectivity index (χ2n) is 8.56. The van der Waals surface area contributed by atoms with Crippen molar-refractivity contribution in [2.45, 2.75) is 59.4 Å². The lowest BCUT2D eigenvalue weighted by atomic mass is 10.0. The van der Waals surface area contributed by atoms with E-state index in [9.17, 15) is 9.59 Å². The highest BCUT2D eigenvalue weighted by atomic mass is 28.4. The first-order valence-electron chi connectivity index (χ1n) is 13.6. The van der Waals surface area contributed by atoms with Crippen molar-refractivity contribution in [1.82, 2.24) is 0 Å². The van der Waals surface area contributed by atoms with Gasteiger partial charge >= 0.3 is 14.8 Å². The van der Waals surface area contributed by atoms with E-state index in [-0.39, 0.29) is 11.8 Å². The van der Waals surface area contributed by atoms with Crippen LogP contribution in [0, 0.1) is 0 Å². The minimum absolute atomic E-state index is 0.0664. The molecule has 0 atom stereocenters. The van der Waals surface area contributed by atoms with E-state index in [0.29, 0.717) is 44.2 Å². The van der Waals surface area contributed by atoms with Crippen LogP contribution in [0.2, 0.25) is 6.04 Å². The minimum Gasteiger partial charge on any atom is -0.494 e. The summed E-state index contributed by atoms with van der Waals surface area (Å²) >= 11 is 0. The lowest BCUT2D eigenvalue weighted by molar-refractivity contribution is -0.137. The number of carbonyl (C=O) groups is 2. The van der Waals surface area contributed by atoms with Gasteiger partial charge in [0.2, 0.25) is 0 Å². The van der Waals surface area contributed by atoms with Crippen LogP contribution in [0.25, 0.3) is 6.08 Å². The molecule has 2 aromatic carbocycles. The fourth-order valence-electron chi connectivity index (χ4n) is 3.96. The summed E-state index contributed by atoms with van der Waals surface area (Å²) in [4.78, 5) is 24.3. The highest BCUT2D eigenvalue weighted by Crippen LogP contribution is 2.21. The van der Waals surface area contributed by atoms with Crippen molar-refractivity contribution in [3.63, 3.8) is 0 Å². The standard InChI is InChI=1S/C30H42O7Si/c1-5-33-29(31)22-15-25-13-16-26(17-14-25)30(32)27-18-20-28(21-19-27)34-23-11-9-10-12-24-38(35-6-2,36-7-3)37-8-4/h13-22H,5-12,23-24H2,1-4H3. The van der Waals surface area contributed by atoms with Gasteiger partial charge in [-0.2, -0.15) is 0 Å². The van der Waals surface area contributed by atoms with Crippen LogP contribution < -0.4 is 4.74 Å². The van der Waals surface area contributed by atoms with E-state index in [1.165, 1.54) is 6.08 Å². The second-order valence-corrected chi connectivity index (χ2v) is 11.3. The Balaban J connectivity index is 1.74. The molecule has 0 fully saturated rings. The first kappa shape index (κ1) is 31.4. The molecule has 0 N–H and O–H groups in total. The number of hydrogen-bond acceptors (Lipinski definition) is 7. The van der Waals surface area contributed by atoms with Gasteiger partial charge in [0.05, 0.1) is 13.2 Å². The Labute approximate surface area is 228 Å². The molecule has 0 radical (unpaired) electrons. The molecule has 0 aliphatic heterocycles. The van der Waals surface area contributed by atoms with Gasteiger partial charge in [-0.1, -0.05) is 37.1 Å². The monoisotopic (exact) mass is 542 g/mol. The first-order valence-corrected chi connectivity index (χ1v) is 15.5. The van der Waals surface area contributed by atoms with Gasteiger partial charge in [-0.25, -0.2) is 4.79 Å². The van der Waals surface area contributed by atoms with Gasteiger partial charge in [-0.3, -0.25) is 4.79 Å². The van der Waals surface area contributed by atoms with Crippen molar-refractivity contribution in [3.8, 4) is 5.75 Å². The number of esters is 1. The molecule has 0 spiro atoms. The third-order valence-electron chi connectivity index (χ3n) is 5.73. The van der Waals surface area contributed by atoms with Crippen molar-refractivity contribution < 1.29 is 32.3 Å². The number of carbonyl (C=O) groups excluding carboxylic acids is 2. The minimum atomic E-state index is -2.55. The fraction of sp³-hybridized carbons (Fsp3) is 0.467. The van der Waals surface area contributed by atoms with E-state index in [0.717, 1.165) is 43.0 Å². The summed E-state index contributed by atoms with van der Waals surface area (Å²) in [6.45, 7) is 10.5. The molecule has 0 saturated heterocycles. The maximum Gasteiger partial charge on any atom is 0.500 e. The number of ether oxygens (including phenoxy) is 2. The van der Waals surface area contributed by atoms with Crippen LogP contribution in [-0.4, -0.2) is 53.6 Å². The Morgan fingerprint density at radius 1 is 0.711 bits per heavy atom. The average molecular weight is 543 g/mol. The molecule has 0 heterocycles. The quantitative estimate of drug-likeness (QED) is 0.0661. The summed E-state index contributed by atoms with van der Waals surface area (Å²) in [5.41, 5.74) is 1.99. The molecule has 8 heteroatoms. The molecule has 0 aliphatic rings. The van der Waals surface area contributed by atoms with Crippen LogP contribution in [0.1, 0.15) is 74.9 Å². The van der Waals surface area contributed by atoms with Crippen LogP contribution >= 0.6 is 0 Å². The van der Waals surface area contributed by atoms with Crippen LogP contribution in [0.5, 0.6) is 5.75 Å². The Morgan fingerprint density at radius 3 is 1.82 bits per heavy atom. The van der Waals surface area contributed by atoms with Crippen LogP contribution in [0.4, 0.5) is 0 Å². The molecular weight excluding hydrogens is 500 g/mol. The Morgan fingerprint density at radius 2 is 1.26 bits per heavy atom. The maximum absolute atomic E-state index is 12.8. The highest BCUT2D eigenvalue weighted by Gasteiger charge is 2.39. The lowest BCUT2D eigenvalue weighted by Gasteiger charge is -2.28. The maximum atomic E-state index is 12.8. The largest absolute Gasteiger partial charge is 0.500 e. The second kappa shape index (κ2) is 17.7. The van der Waals surface area contributed by atoms with Crippen LogP contribution in [0.3, 0.4) is 0 Å². The molecule has 0 unspecified atom stereocenters. The van der Waals surface area contributed by atoms with Crippen molar-refractivity contribution in [1.29, 1.82) is 0 Å². The molecule has 0 amide bonds. The van der Waals surface area contributed by atoms with E-state index < -0.39 is 8.80 Å². The van der Waals surface area contributed by atoms with Crippen LogP contribution in [0.15, 0.2) is 54.6 Å². The summed E-state index contributed by atoms with van der Waals surface area (Å²) in [6, 6.07) is 15.2. The summed E-state index contributed by atoms with van der Waals surface area (Å²) in [5.74, 6) is 0.291. The van der Waals surface area contributed by atoms with Gasteiger partial charge in [0.15, 0.2) is 5.78 Å². The Kier molecular flexibility index (Phi) is 14.6. The smallest absolute Gasteiger partial charge is 0.494 e. The van der Waals surface area contributed by atoms with Crippen LogP contribution in [-0.2, 0) is 22.8 Å². The van der Waals surface area contributed by atoms with Gasteiger partial charge in [-0.15, -0.1) is 0 Å². The molecule has 0 aromatic heterocycles. The summed E-state index contributed by atoms with van der Waals surface area (Å²) in [6.07, 6.45) is 7.11. The zero-order chi connectivity index (χ0) is 27.6. The van der Waals surface area contributed by atoms with Crippen molar-refractivity contribution >= 4 is 26.6 Å². The van der Waals surface area contributed by atoms with Gasteiger partial charge in [-0.05, 0) is 76.4 Å².